The Balaban J connectivity index is 1.56. The van der Waals surface area contributed by atoms with E-state index in [4.69, 9.17) is 14.2 Å². The monoisotopic (exact) mass is 539 g/mol. The van der Waals surface area contributed by atoms with Gasteiger partial charge in [0, 0.05) is 23.9 Å². The minimum Gasteiger partial charge on any atom is -0.497 e. The fourth-order valence-corrected chi connectivity index (χ4v) is 5.17. The summed E-state index contributed by atoms with van der Waals surface area (Å²) in [5, 5.41) is 0. The van der Waals surface area contributed by atoms with Gasteiger partial charge in [-0.1, -0.05) is 24.3 Å². The van der Waals surface area contributed by atoms with E-state index in [-0.39, 0.29) is 24.4 Å². The van der Waals surface area contributed by atoms with Crippen molar-refractivity contribution in [3.8, 4) is 22.9 Å². The Hall–Kier alpha value is -4.72. The van der Waals surface area contributed by atoms with Gasteiger partial charge in [0.1, 0.15) is 29.8 Å². The van der Waals surface area contributed by atoms with Crippen LogP contribution in [-0.2, 0) is 4.79 Å². The van der Waals surface area contributed by atoms with E-state index < -0.39 is 6.04 Å². The first-order valence-electron chi connectivity index (χ1n) is 13.1. The Morgan fingerprint density at radius 1 is 0.800 bits per heavy atom. The van der Waals surface area contributed by atoms with Gasteiger partial charge in [0.25, 0.3) is 5.91 Å². The molecule has 1 aromatic heterocycles. The molecule has 2 amide bonds. The summed E-state index contributed by atoms with van der Waals surface area (Å²) in [6, 6.07) is 24.0. The number of benzene rings is 3. The molecule has 3 aromatic carbocycles. The van der Waals surface area contributed by atoms with E-state index in [9.17, 15) is 9.59 Å². The molecule has 1 aliphatic rings. The zero-order valence-electron chi connectivity index (χ0n) is 23.3. The van der Waals surface area contributed by atoms with Crippen LogP contribution >= 0.6 is 0 Å². The van der Waals surface area contributed by atoms with Crippen molar-refractivity contribution in [2.24, 2.45) is 0 Å². The standard InChI is InChI=1S/C32H33N3O5/c1-21(2)34(32(37)23-17-25(39-4)19-26(18-23)40-5)20-30(36)35-28-10-7-6-9-27(28)33-16-8-11-29(33)31(35)22-12-14-24(38-3)15-13-22/h6-19,21,31H,20H2,1-5H3. The van der Waals surface area contributed by atoms with Crippen LogP contribution < -0.4 is 19.1 Å². The molecule has 0 saturated carbocycles. The lowest BCUT2D eigenvalue weighted by molar-refractivity contribution is -0.120. The predicted octanol–water partition coefficient (Wildman–Crippen LogP) is 5.49. The smallest absolute Gasteiger partial charge is 0.254 e. The van der Waals surface area contributed by atoms with Crippen LogP contribution in [0.25, 0.3) is 5.69 Å². The second kappa shape index (κ2) is 11.2. The Morgan fingerprint density at radius 2 is 1.43 bits per heavy atom. The number of anilines is 1. The highest BCUT2D eigenvalue weighted by molar-refractivity contribution is 6.03. The Labute approximate surface area is 234 Å². The van der Waals surface area contributed by atoms with Gasteiger partial charge in [0.15, 0.2) is 0 Å². The number of hydrogen-bond donors (Lipinski definition) is 0. The van der Waals surface area contributed by atoms with Gasteiger partial charge in [-0.3, -0.25) is 14.5 Å². The van der Waals surface area contributed by atoms with Crippen molar-refractivity contribution in [1.82, 2.24) is 9.47 Å². The third kappa shape index (κ3) is 4.88. The highest BCUT2D eigenvalue weighted by Gasteiger charge is 2.37. The third-order valence-corrected chi connectivity index (χ3v) is 7.21. The fourth-order valence-electron chi connectivity index (χ4n) is 5.17. The van der Waals surface area contributed by atoms with E-state index in [1.807, 2.05) is 80.7 Å². The second-order valence-corrected chi connectivity index (χ2v) is 9.86. The summed E-state index contributed by atoms with van der Waals surface area (Å²) in [6.45, 7) is 3.69. The number of ether oxygens (including phenoxy) is 3. The molecule has 0 fully saturated rings. The molecule has 0 radical (unpaired) electrons. The van der Waals surface area contributed by atoms with Crippen LogP contribution in [0.1, 0.15) is 41.5 Å². The molecular formula is C32H33N3O5. The molecule has 1 atom stereocenters. The molecule has 4 aromatic rings. The van der Waals surface area contributed by atoms with Gasteiger partial charge in [0.05, 0.1) is 38.4 Å². The molecule has 1 aliphatic heterocycles. The summed E-state index contributed by atoms with van der Waals surface area (Å²) in [6.07, 6.45) is 2.01. The van der Waals surface area contributed by atoms with Crippen molar-refractivity contribution in [2.45, 2.75) is 25.9 Å². The maximum atomic E-state index is 14.3. The summed E-state index contributed by atoms with van der Waals surface area (Å²) in [7, 11) is 4.70. The minimum absolute atomic E-state index is 0.113. The van der Waals surface area contributed by atoms with Crippen LogP contribution in [0.4, 0.5) is 5.69 Å². The molecule has 8 nitrogen and oxygen atoms in total. The van der Waals surface area contributed by atoms with Crippen LogP contribution in [0.2, 0.25) is 0 Å². The molecule has 0 aliphatic carbocycles. The van der Waals surface area contributed by atoms with Crippen LogP contribution in [0, 0.1) is 0 Å². The normalized spacial score (nSPS) is 13.8. The van der Waals surface area contributed by atoms with Gasteiger partial charge >= 0.3 is 0 Å². The van der Waals surface area contributed by atoms with Crippen molar-refractivity contribution in [2.75, 3.05) is 32.8 Å². The van der Waals surface area contributed by atoms with Crippen LogP contribution in [0.5, 0.6) is 17.2 Å². The fraction of sp³-hybridized carbons (Fsp3) is 0.250. The zero-order valence-corrected chi connectivity index (χ0v) is 23.3. The number of aromatic nitrogens is 1. The SMILES string of the molecule is COc1ccc(C2c3cccn3-c3ccccc3N2C(=O)CN(C(=O)c2cc(OC)cc(OC)c2)C(C)C)cc1. The number of methoxy groups -OCH3 is 3. The topological polar surface area (TPSA) is 73.2 Å². The van der Waals surface area contributed by atoms with Crippen molar-refractivity contribution in [1.29, 1.82) is 0 Å². The number of nitrogens with zero attached hydrogens (tertiary/aromatic N) is 3. The number of fused-ring (bicyclic) bond motifs is 3. The van der Waals surface area contributed by atoms with Crippen LogP contribution in [0.3, 0.4) is 0 Å². The minimum atomic E-state index is -0.399. The molecule has 40 heavy (non-hydrogen) atoms. The third-order valence-electron chi connectivity index (χ3n) is 7.21. The first kappa shape index (κ1) is 26.9. The van der Waals surface area contributed by atoms with E-state index >= 15 is 0 Å². The van der Waals surface area contributed by atoms with Gasteiger partial charge in [-0.05, 0) is 67.9 Å². The average Bonchev–Trinajstić information content (AvgIpc) is 3.48. The maximum Gasteiger partial charge on any atom is 0.254 e. The molecule has 0 spiro atoms. The molecular weight excluding hydrogens is 506 g/mol. The molecule has 0 saturated heterocycles. The van der Waals surface area contributed by atoms with Crippen molar-refractivity contribution >= 4 is 17.5 Å². The number of amides is 2. The molecule has 206 valence electrons. The van der Waals surface area contributed by atoms with E-state index in [2.05, 4.69) is 4.57 Å². The maximum absolute atomic E-state index is 14.3. The molecule has 2 heterocycles. The first-order valence-corrected chi connectivity index (χ1v) is 13.1. The van der Waals surface area contributed by atoms with Crippen molar-refractivity contribution in [3.05, 3.63) is 102 Å². The van der Waals surface area contributed by atoms with E-state index in [1.165, 1.54) is 14.2 Å². The molecule has 0 N–H and O–H groups in total. The Kier molecular flexibility index (Phi) is 7.51. The second-order valence-electron chi connectivity index (χ2n) is 9.86. The predicted molar refractivity (Wildman–Crippen MR) is 154 cm³/mol. The Bertz CT molecular complexity index is 1500. The largest absolute Gasteiger partial charge is 0.497 e. The van der Waals surface area contributed by atoms with Crippen molar-refractivity contribution < 1.29 is 23.8 Å². The number of rotatable bonds is 8. The highest BCUT2D eigenvalue weighted by Crippen LogP contribution is 2.42. The molecule has 5 rings (SSSR count). The summed E-state index contributed by atoms with van der Waals surface area (Å²) in [5.74, 6) is 1.26. The molecule has 8 heteroatoms. The van der Waals surface area contributed by atoms with E-state index in [0.717, 1.165) is 28.4 Å². The lowest BCUT2D eigenvalue weighted by Gasteiger charge is -2.40. The van der Waals surface area contributed by atoms with Gasteiger partial charge in [0.2, 0.25) is 5.91 Å². The highest BCUT2D eigenvalue weighted by atomic mass is 16.5. The Morgan fingerprint density at radius 3 is 2.02 bits per heavy atom. The summed E-state index contributed by atoms with van der Waals surface area (Å²) in [5.41, 5.74) is 3.95. The number of carbonyl (C=O) groups excluding carboxylic acids is 2. The zero-order chi connectivity index (χ0) is 28.4. The van der Waals surface area contributed by atoms with E-state index in [1.54, 1.807) is 35.1 Å². The average molecular weight is 540 g/mol. The summed E-state index contributed by atoms with van der Waals surface area (Å²) < 4.78 is 18.2. The molecule has 1 unspecified atom stereocenters. The number of carbonyl (C=O) groups is 2. The first-order chi connectivity index (χ1) is 19.4. The van der Waals surface area contributed by atoms with Gasteiger partial charge in [-0.2, -0.15) is 0 Å². The number of hydrogen-bond acceptors (Lipinski definition) is 5. The lowest BCUT2D eigenvalue weighted by atomic mass is 9.97. The van der Waals surface area contributed by atoms with E-state index in [0.29, 0.717) is 17.1 Å². The number of para-hydroxylation sites is 2. The van der Waals surface area contributed by atoms with Crippen LogP contribution in [0.15, 0.2) is 85.1 Å². The quantitative estimate of drug-likeness (QED) is 0.296. The summed E-state index contributed by atoms with van der Waals surface area (Å²) in [4.78, 5) is 31.5. The van der Waals surface area contributed by atoms with Gasteiger partial charge in [-0.25, -0.2) is 0 Å². The lowest BCUT2D eigenvalue weighted by Crippen LogP contribution is -2.48. The van der Waals surface area contributed by atoms with Crippen molar-refractivity contribution in [3.63, 3.8) is 0 Å². The molecule has 0 bridgehead atoms. The van der Waals surface area contributed by atoms with Gasteiger partial charge < -0.3 is 23.7 Å². The van der Waals surface area contributed by atoms with Crippen LogP contribution in [-0.4, -0.2) is 55.2 Å². The van der Waals surface area contributed by atoms with Gasteiger partial charge in [-0.15, -0.1) is 0 Å². The summed E-state index contributed by atoms with van der Waals surface area (Å²) >= 11 is 0.